The molecule has 0 aliphatic rings. The van der Waals surface area contributed by atoms with Gasteiger partial charge >= 0.3 is 5.97 Å². The third kappa shape index (κ3) is 26.9. The fraction of sp³-hybridized carbons (Fsp3) is 0.596. The SMILES string of the molecule is CSCC[C@H](NC(=O)[C@H](CCC(N)=O)NC(=O)[C@H](CC(C)C)NC(=O)[C@H](Cc1c[nH]cn1)NC(=O)[C@@H](N)CO)C(=O)N[C@@H](Cc1c[nH]cn1)C(=O)N[C@@H](CO)C(=O)N[C@@H](CCCNC(=N)N)C(=O)N[C@@H](CCCCN)C(=O)N[C@@H](Cc1c[nH]cn1)C(=O)O. The van der Waals surface area contributed by atoms with E-state index in [9.17, 15) is 68.1 Å². The number of hydrogen-bond acceptors (Lipinski definition) is 20. The zero-order valence-electron chi connectivity index (χ0n) is 49.2. The van der Waals surface area contributed by atoms with Crippen molar-refractivity contribution in [1.82, 2.24) is 83.1 Å². The molecule has 488 valence electrons. The number of hydrogen-bond donors (Lipinski definition) is 21. The summed E-state index contributed by atoms with van der Waals surface area (Å²) in [5.41, 5.74) is 23.2. The average Bonchev–Trinajstić information content (AvgIpc) is 4.05. The number of carboxylic acid groups (broad SMARTS) is 1. The van der Waals surface area contributed by atoms with E-state index in [1.807, 2.05) is 0 Å². The number of aromatic nitrogens is 6. The molecule has 3 heterocycles. The highest BCUT2D eigenvalue weighted by Crippen LogP contribution is 2.12. The van der Waals surface area contributed by atoms with Crippen LogP contribution in [0.2, 0.25) is 0 Å². The molecular weight excluding hydrogens is 1170 g/mol. The van der Waals surface area contributed by atoms with Crippen LogP contribution in [0.15, 0.2) is 37.6 Å². The molecule has 0 aromatic carbocycles. The van der Waals surface area contributed by atoms with Gasteiger partial charge in [0.15, 0.2) is 5.96 Å². The van der Waals surface area contributed by atoms with Gasteiger partial charge in [0.25, 0.3) is 0 Å². The van der Waals surface area contributed by atoms with E-state index >= 15 is 0 Å². The molecule has 0 aliphatic heterocycles. The maximum Gasteiger partial charge on any atom is 0.326 e. The standard InChI is InChI=1S/C52H85N21O14S/c1-27(2)15-36(70-48(83)37(16-28-19-58-24-62-28)69-42(77)31(54)22-74)47(82)67-34(9-10-41(55)76)45(80)68-35(11-14-88-3)46(81)71-38(17-29-20-59-25-63-29)49(84)73-40(23-75)50(85)66-33(8-6-13-61-52(56)57)43(78)65-32(7-4-5-12-53)44(79)72-39(51(86)87)18-30-21-60-26-64-30/h19-21,24-27,31-40,74-75H,4-18,22-23,53-54H2,1-3H3,(H2,55,76)(H,58,62)(H,59,63)(H,60,64)(H,65,78)(H,66,85)(H,67,82)(H,68,80)(H,69,77)(H,70,83)(H,71,81)(H,72,79)(H,73,84)(H,86,87)(H4,56,57,61)/t31-,32-,33-,34-,35-,36-,37-,38-,39-,40-/m0/s1. The van der Waals surface area contributed by atoms with Crippen molar-refractivity contribution in [2.24, 2.45) is 28.9 Å². The number of rotatable bonds is 43. The normalized spacial score (nSPS) is 14.5. The quantitative estimate of drug-likeness (QED) is 0.0142. The van der Waals surface area contributed by atoms with E-state index in [0.717, 1.165) is 0 Å². The van der Waals surface area contributed by atoms with E-state index in [-0.39, 0.29) is 88.2 Å². The van der Waals surface area contributed by atoms with Gasteiger partial charge in [-0.1, -0.05) is 13.8 Å². The zero-order valence-corrected chi connectivity index (χ0v) is 50.0. The van der Waals surface area contributed by atoms with E-state index in [0.29, 0.717) is 24.2 Å². The summed E-state index contributed by atoms with van der Waals surface area (Å²) in [7, 11) is 0. The summed E-state index contributed by atoms with van der Waals surface area (Å²) in [6.07, 6.45) is 9.05. The fourth-order valence-electron chi connectivity index (χ4n) is 8.51. The summed E-state index contributed by atoms with van der Waals surface area (Å²) in [5, 5.41) is 62.7. The molecule has 0 fully saturated rings. The second-order valence-electron chi connectivity index (χ2n) is 20.8. The monoisotopic (exact) mass is 1260 g/mol. The minimum absolute atomic E-state index is 0.00312. The number of primary amides is 1. The molecule has 0 bridgehead atoms. The van der Waals surface area contributed by atoms with Crippen molar-refractivity contribution in [1.29, 1.82) is 5.41 Å². The van der Waals surface area contributed by atoms with Gasteiger partial charge in [-0.2, -0.15) is 11.8 Å². The first-order chi connectivity index (χ1) is 41.9. The predicted octanol–water partition coefficient (Wildman–Crippen LogP) is -6.90. The molecule has 0 aliphatic carbocycles. The summed E-state index contributed by atoms with van der Waals surface area (Å²) in [5.74, 6) is -11.2. The van der Waals surface area contributed by atoms with Gasteiger partial charge in [-0.15, -0.1) is 0 Å². The van der Waals surface area contributed by atoms with Crippen LogP contribution in [0.5, 0.6) is 0 Å². The van der Waals surface area contributed by atoms with Gasteiger partial charge in [0.2, 0.25) is 59.1 Å². The van der Waals surface area contributed by atoms with Crippen LogP contribution in [-0.4, -0.2) is 215 Å². The number of H-pyrrole nitrogens is 3. The summed E-state index contributed by atoms with van der Waals surface area (Å²) in [6.45, 7) is 1.97. The molecule has 3 rings (SSSR count). The van der Waals surface area contributed by atoms with E-state index in [4.69, 9.17) is 28.3 Å². The summed E-state index contributed by atoms with van der Waals surface area (Å²) in [4.78, 5) is 170. The van der Waals surface area contributed by atoms with Crippen LogP contribution in [0.3, 0.4) is 0 Å². The number of aliphatic carboxylic acids is 1. The number of amides is 10. The van der Waals surface area contributed by atoms with Crippen molar-refractivity contribution < 1.29 is 68.1 Å². The van der Waals surface area contributed by atoms with Gasteiger partial charge in [0.1, 0.15) is 60.4 Å². The van der Waals surface area contributed by atoms with Gasteiger partial charge < -0.3 is 106 Å². The number of carbonyl (C=O) groups excluding carboxylic acids is 10. The van der Waals surface area contributed by atoms with Crippen molar-refractivity contribution >= 4 is 82.8 Å². The van der Waals surface area contributed by atoms with Crippen molar-refractivity contribution in [2.45, 2.75) is 151 Å². The van der Waals surface area contributed by atoms with Crippen molar-refractivity contribution in [3.05, 3.63) is 54.7 Å². The topological polar surface area (TPSA) is 583 Å². The van der Waals surface area contributed by atoms with Crippen molar-refractivity contribution in [2.75, 3.05) is 38.3 Å². The number of aliphatic hydroxyl groups excluding tert-OH is 2. The lowest BCUT2D eigenvalue weighted by atomic mass is 10.0. The third-order valence-corrected chi connectivity index (χ3v) is 13.9. The van der Waals surface area contributed by atoms with Crippen LogP contribution < -0.4 is 76.1 Å². The minimum atomic E-state index is -1.81. The van der Waals surface area contributed by atoms with Gasteiger partial charge in [-0.25, -0.2) is 19.7 Å². The van der Waals surface area contributed by atoms with Crippen molar-refractivity contribution in [3.8, 4) is 0 Å². The van der Waals surface area contributed by atoms with Gasteiger partial charge in [0.05, 0.1) is 49.3 Å². The Kier molecular flexibility index (Phi) is 32.7. The van der Waals surface area contributed by atoms with Gasteiger partial charge in [-0.3, -0.25) is 53.4 Å². The number of nitrogens with two attached hydrogens (primary N) is 4. The van der Waals surface area contributed by atoms with Crippen LogP contribution in [0.25, 0.3) is 0 Å². The molecule has 88 heavy (non-hydrogen) atoms. The highest BCUT2D eigenvalue weighted by molar-refractivity contribution is 7.98. The number of nitrogens with zero attached hydrogens (tertiary/aromatic N) is 3. The first-order valence-corrected chi connectivity index (χ1v) is 29.7. The molecule has 10 amide bonds. The maximum atomic E-state index is 14.4. The Morgan fingerprint density at radius 3 is 1.33 bits per heavy atom. The molecule has 10 atom stereocenters. The number of nitrogens with one attached hydrogen (secondary N) is 14. The Morgan fingerprint density at radius 1 is 0.534 bits per heavy atom. The van der Waals surface area contributed by atoms with Crippen LogP contribution in [-0.2, 0) is 72.0 Å². The number of imidazole rings is 3. The van der Waals surface area contributed by atoms with Crippen LogP contribution in [0, 0.1) is 11.3 Å². The molecule has 0 saturated carbocycles. The van der Waals surface area contributed by atoms with Crippen LogP contribution in [0.4, 0.5) is 0 Å². The molecule has 3 aromatic heterocycles. The minimum Gasteiger partial charge on any atom is -0.480 e. The smallest absolute Gasteiger partial charge is 0.326 e. The Hall–Kier alpha value is -8.74. The Balaban J connectivity index is 1.90. The molecule has 35 nitrogen and oxygen atoms in total. The molecular formula is C52H85N21O14S. The van der Waals surface area contributed by atoms with Crippen LogP contribution >= 0.6 is 11.8 Å². The molecule has 0 saturated heterocycles. The fourth-order valence-corrected chi connectivity index (χ4v) is 8.98. The summed E-state index contributed by atoms with van der Waals surface area (Å²) < 4.78 is 0. The summed E-state index contributed by atoms with van der Waals surface area (Å²) >= 11 is 1.29. The zero-order chi connectivity index (χ0) is 65.3. The molecule has 0 radical (unpaired) electrons. The number of aliphatic hydroxyl groups is 2. The van der Waals surface area contributed by atoms with E-state index in [1.165, 1.54) is 49.3 Å². The number of aromatic amines is 3. The van der Waals surface area contributed by atoms with E-state index < -0.39 is 151 Å². The maximum absolute atomic E-state index is 14.4. The average molecular weight is 1260 g/mol. The number of guanidine groups is 1. The lowest BCUT2D eigenvalue weighted by molar-refractivity contribution is -0.142. The Labute approximate surface area is 510 Å². The highest BCUT2D eigenvalue weighted by atomic mass is 32.2. The first-order valence-electron chi connectivity index (χ1n) is 28.3. The summed E-state index contributed by atoms with van der Waals surface area (Å²) in [6, 6.07) is -14.8. The second kappa shape index (κ2) is 39.1. The molecule has 36 heteroatoms. The predicted molar refractivity (Wildman–Crippen MR) is 317 cm³/mol. The number of unbranched alkanes of at least 4 members (excludes halogenated alkanes) is 1. The van der Waals surface area contributed by atoms with Gasteiger partial charge in [-0.05, 0) is 75.8 Å². The molecule has 0 spiro atoms. The van der Waals surface area contributed by atoms with Crippen molar-refractivity contribution in [3.63, 3.8) is 0 Å². The highest BCUT2D eigenvalue weighted by Gasteiger charge is 2.36. The van der Waals surface area contributed by atoms with E-state index in [1.54, 1.807) is 20.1 Å². The number of thioether (sulfide) groups is 1. The third-order valence-electron chi connectivity index (χ3n) is 13.2. The van der Waals surface area contributed by atoms with Crippen LogP contribution in [0.1, 0.15) is 88.7 Å². The number of carboxylic acids is 1. The first kappa shape index (κ1) is 73.5. The second-order valence-corrected chi connectivity index (χ2v) is 21.8. The molecule has 25 N–H and O–H groups in total. The lowest BCUT2D eigenvalue weighted by Crippen LogP contribution is -2.61. The van der Waals surface area contributed by atoms with E-state index in [2.05, 4.69) is 83.1 Å². The Bertz CT molecular complexity index is 2720. The molecule has 3 aromatic rings. The lowest BCUT2D eigenvalue weighted by Gasteiger charge is -2.28. The Morgan fingerprint density at radius 2 is 0.920 bits per heavy atom. The van der Waals surface area contributed by atoms with Gasteiger partial charge in [0, 0.05) is 50.8 Å². The number of carbonyl (C=O) groups is 11. The largest absolute Gasteiger partial charge is 0.480 e. The molecule has 0 unspecified atom stereocenters.